The Kier molecular flexibility index (Phi) is 5.00. The van der Waals surface area contributed by atoms with Gasteiger partial charge in [0.2, 0.25) is 0 Å². The zero-order chi connectivity index (χ0) is 13.7. The molecule has 0 aromatic heterocycles. The number of carbonyl (C=O) groups is 1. The van der Waals surface area contributed by atoms with E-state index in [2.05, 4.69) is 0 Å². The van der Waals surface area contributed by atoms with Gasteiger partial charge >= 0.3 is 0 Å². The van der Waals surface area contributed by atoms with Crippen molar-refractivity contribution in [2.45, 2.75) is 19.3 Å². The lowest BCUT2D eigenvalue weighted by Crippen LogP contribution is -2.05. The molecule has 0 fully saturated rings. The van der Waals surface area contributed by atoms with E-state index in [1.807, 2.05) is 42.5 Å². The standard InChI is InChI=1S/C16H14Cl2O/c17-15-8-4-7-13(16(15)18)11-14(19)10-9-12-5-2-1-3-6-12/h1-8H,9-11H2. The van der Waals surface area contributed by atoms with Crippen molar-refractivity contribution in [3.05, 3.63) is 69.7 Å². The fourth-order valence-corrected chi connectivity index (χ4v) is 2.30. The van der Waals surface area contributed by atoms with Gasteiger partial charge in [-0.1, -0.05) is 65.7 Å². The van der Waals surface area contributed by atoms with Crippen LogP contribution in [0.15, 0.2) is 48.5 Å². The molecule has 19 heavy (non-hydrogen) atoms. The number of benzene rings is 2. The van der Waals surface area contributed by atoms with E-state index in [1.165, 1.54) is 5.56 Å². The SMILES string of the molecule is O=C(CCc1ccccc1)Cc1cccc(Cl)c1Cl. The van der Waals surface area contributed by atoms with Crippen LogP contribution in [-0.2, 0) is 17.6 Å². The van der Waals surface area contributed by atoms with Crippen LogP contribution < -0.4 is 0 Å². The molecule has 0 atom stereocenters. The van der Waals surface area contributed by atoms with Gasteiger partial charge in [-0.15, -0.1) is 0 Å². The molecule has 0 saturated heterocycles. The smallest absolute Gasteiger partial charge is 0.137 e. The quantitative estimate of drug-likeness (QED) is 0.778. The summed E-state index contributed by atoms with van der Waals surface area (Å²) in [5.74, 6) is 0.174. The van der Waals surface area contributed by atoms with Gasteiger partial charge in [0, 0.05) is 12.8 Å². The molecule has 0 spiro atoms. The summed E-state index contributed by atoms with van der Waals surface area (Å²) in [5, 5.41) is 0.979. The van der Waals surface area contributed by atoms with Crippen molar-refractivity contribution in [1.29, 1.82) is 0 Å². The molecule has 0 aliphatic heterocycles. The second kappa shape index (κ2) is 6.74. The zero-order valence-corrected chi connectivity index (χ0v) is 11.9. The average molecular weight is 293 g/mol. The van der Waals surface area contributed by atoms with E-state index < -0.39 is 0 Å². The Labute approximate surface area is 123 Å². The second-order valence-corrected chi connectivity index (χ2v) is 5.20. The Morgan fingerprint density at radius 1 is 0.947 bits per heavy atom. The Hall–Kier alpha value is -1.31. The van der Waals surface area contributed by atoms with Crippen LogP contribution in [0.25, 0.3) is 0 Å². The van der Waals surface area contributed by atoms with Crippen molar-refractivity contribution in [1.82, 2.24) is 0 Å². The fraction of sp³-hybridized carbons (Fsp3) is 0.188. The number of hydrogen-bond acceptors (Lipinski definition) is 1. The van der Waals surface area contributed by atoms with Crippen LogP contribution in [0.5, 0.6) is 0 Å². The summed E-state index contributed by atoms with van der Waals surface area (Å²) in [6.45, 7) is 0. The van der Waals surface area contributed by atoms with Gasteiger partial charge in [-0.05, 0) is 23.6 Å². The lowest BCUT2D eigenvalue weighted by molar-refractivity contribution is -0.118. The number of Topliss-reactive ketones (excluding diaryl/α,β-unsaturated/α-hetero) is 1. The first-order chi connectivity index (χ1) is 9.16. The van der Waals surface area contributed by atoms with Gasteiger partial charge < -0.3 is 0 Å². The highest BCUT2D eigenvalue weighted by atomic mass is 35.5. The summed E-state index contributed by atoms with van der Waals surface area (Å²) in [6.07, 6.45) is 1.62. The van der Waals surface area contributed by atoms with Crippen LogP contribution in [0.4, 0.5) is 0 Å². The number of ketones is 1. The van der Waals surface area contributed by atoms with Crippen molar-refractivity contribution >= 4 is 29.0 Å². The molecule has 0 radical (unpaired) electrons. The number of halogens is 2. The maximum atomic E-state index is 11.9. The van der Waals surface area contributed by atoms with Gasteiger partial charge in [0.05, 0.1) is 10.0 Å². The van der Waals surface area contributed by atoms with Crippen molar-refractivity contribution in [2.24, 2.45) is 0 Å². The van der Waals surface area contributed by atoms with Crippen LogP contribution in [-0.4, -0.2) is 5.78 Å². The summed E-state index contributed by atoms with van der Waals surface area (Å²) in [7, 11) is 0. The van der Waals surface area contributed by atoms with Gasteiger partial charge in [-0.2, -0.15) is 0 Å². The van der Waals surface area contributed by atoms with Gasteiger partial charge in [-0.25, -0.2) is 0 Å². The summed E-state index contributed by atoms with van der Waals surface area (Å²) >= 11 is 12.0. The molecule has 0 heterocycles. The molecule has 0 amide bonds. The Morgan fingerprint density at radius 2 is 1.68 bits per heavy atom. The van der Waals surface area contributed by atoms with Gasteiger partial charge in [0.25, 0.3) is 0 Å². The Balaban J connectivity index is 1.93. The number of aryl methyl sites for hydroxylation is 1. The highest BCUT2D eigenvalue weighted by Crippen LogP contribution is 2.26. The molecule has 0 N–H and O–H groups in total. The molecule has 0 aliphatic rings. The van der Waals surface area contributed by atoms with Crippen LogP contribution >= 0.6 is 23.2 Å². The molecule has 98 valence electrons. The van der Waals surface area contributed by atoms with Crippen molar-refractivity contribution in [3.63, 3.8) is 0 Å². The molecule has 0 saturated carbocycles. The Bertz CT molecular complexity index is 564. The van der Waals surface area contributed by atoms with Crippen molar-refractivity contribution in [3.8, 4) is 0 Å². The fourth-order valence-electron chi connectivity index (χ4n) is 1.91. The van der Waals surface area contributed by atoms with E-state index in [9.17, 15) is 4.79 Å². The van der Waals surface area contributed by atoms with Crippen molar-refractivity contribution < 1.29 is 4.79 Å². The second-order valence-electron chi connectivity index (χ2n) is 4.41. The van der Waals surface area contributed by atoms with E-state index in [0.29, 0.717) is 22.9 Å². The molecule has 2 aromatic carbocycles. The van der Waals surface area contributed by atoms with Crippen LogP contribution in [0.3, 0.4) is 0 Å². The zero-order valence-electron chi connectivity index (χ0n) is 10.4. The topological polar surface area (TPSA) is 17.1 Å². The number of carbonyl (C=O) groups excluding carboxylic acids is 1. The van der Waals surface area contributed by atoms with E-state index in [1.54, 1.807) is 6.07 Å². The van der Waals surface area contributed by atoms with Gasteiger partial charge in [0.15, 0.2) is 0 Å². The van der Waals surface area contributed by atoms with Gasteiger partial charge in [-0.3, -0.25) is 4.79 Å². The molecule has 2 aromatic rings. The lowest BCUT2D eigenvalue weighted by Gasteiger charge is -2.05. The predicted molar refractivity (Wildman–Crippen MR) is 79.9 cm³/mol. The third-order valence-electron chi connectivity index (χ3n) is 2.95. The summed E-state index contributed by atoms with van der Waals surface area (Å²) in [4.78, 5) is 11.9. The maximum absolute atomic E-state index is 11.9. The predicted octanol–water partition coefficient (Wildman–Crippen LogP) is 4.74. The Morgan fingerprint density at radius 3 is 2.42 bits per heavy atom. The third kappa shape index (κ3) is 4.09. The minimum Gasteiger partial charge on any atom is -0.299 e. The van der Waals surface area contributed by atoms with Crippen LogP contribution in [0.1, 0.15) is 17.5 Å². The molecule has 1 nitrogen and oxygen atoms in total. The molecular formula is C16H14Cl2O. The van der Waals surface area contributed by atoms with E-state index >= 15 is 0 Å². The number of hydrogen-bond donors (Lipinski definition) is 0. The minimum atomic E-state index is 0.174. The first-order valence-corrected chi connectivity index (χ1v) is 6.91. The molecular weight excluding hydrogens is 279 g/mol. The summed E-state index contributed by atoms with van der Waals surface area (Å²) in [6, 6.07) is 15.4. The summed E-state index contributed by atoms with van der Waals surface area (Å²) < 4.78 is 0. The normalized spacial score (nSPS) is 10.4. The molecule has 3 heteroatoms. The molecule has 2 rings (SSSR count). The van der Waals surface area contributed by atoms with Crippen molar-refractivity contribution in [2.75, 3.05) is 0 Å². The number of rotatable bonds is 5. The third-order valence-corrected chi connectivity index (χ3v) is 3.81. The highest BCUT2D eigenvalue weighted by Gasteiger charge is 2.09. The van der Waals surface area contributed by atoms with Gasteiger partial charge in [0.1, 0.15) is 5.78 Å². The maximum Gasteiger partial charge on any atom is 0.137 e. The lowest BCUT2D eigenvalue weighted by atomic mass is 10.0. The largest absolute Gasteiger partial charge is 0.299 e. The molecule has 0 unspecified atom stereocenters. The minimum absolute atomic E-state index is 0.174. The first-order valence-electron chi connectivity index (χ1n) is 6.15. The monoisotopic (exact) mass is 292 g/mol. The average Bonchev–Trinajstić information content (AvgIpc) is 2.43. The van der Waals surface area contributed by atoms with Crippen LogP contribution in [0.2, 0.25) is 10.0 Å². The molecule has 0 bridgehead atoms. The van der Waals surface area contributed by atoms with Crippen LogP contribution in [0, 0.1) is 0 Å². The first kappa shape index (κ1) is 14.1. The highest BCUT2D eigenvalue weighted by molar-refractivity contribution is 6.42. The van der Waals surface area contributed by atoms with E-state index in [4.69, 9.17) is 23.2 Å². The van der Waals surface area contributed by atoms with E-state index in [0.717, 1.165) is 12.0 Å². The summed E-state index contributed by atoms with van der Waals surface area (Å²) in [5.41, 5.74) is 1.97. The van der Waals surface area contributed by atoms with E-state index in [-0.39, 0.29) is 5.78 Å². The molecule has 0 aliphatic carbocycles.